The van der Waals surface area contributed by atoms with Crippen molar-refractivity contribution in [1.29, 1.82) is 0 Å². The highest BCUT2D eigenvalue weighted by Gasteiger charge is 2.12. The molecule has 0 spiro atoms. The molecule has 1 heterocycles. The molecule has 13 heavy (non-hydrogen) atoms. The van der Waals surface area contributed by atoms with E-state index in [1.165, 1.54) is 0 Å². The Labute approximate surface area is 81.6 Å². The fraction of sp³-hybridized carbons (Fsp3) is 0.667. The fourth-order valence-corrected chi connectivity index (χ4v) is 1.83. The van der Waals surface area contributed by atoms with Crippen LogP contribution >= 0.6 is 11.6 Å². The summed E-state index contributed by atoms with van der Waals surface area (Å²) in [7, 11) is -1.37. The fourth-order valence-electron chi connectivity index (χ4n) is 0.875. The first-order valence-electron chi connectivity index (χ1n) is 3.55. The Hall–Kier alpha value is -0.620. The van der Waals surface area contributed by atoms with Crippen LogP contribution in [0.25, 0.3) is 0 Å². The first-order chi connectivity index (χ1) is 5.94. The average molecular weight is 224 g/mol. The molecule has 0 atom stereocenters. The molecule has 1 aromatic rings. The number of nitrogens with zero attached hydrogens (tertiary/aromatic N) is 3. The van der Waals surface area contributed by atoms with Gasteiger partial charge in [0.05, 0.1) is 5.88 Å². The van der Waals surface area contributed by atoms with Crippen molar-refractivity contribution in [2.24, 2.45) is 7.05 Å². The smallest absolute Gasteiger partial charge is 0.154 e. The van der Waals surface area contributed by atoms with Crippen LogP contribution in [0.5, 0.6) is 0 Å². The Balaban J connectivity index is 2.97. The van der Waals surface area contributed by atoms with Crippen LogP contribution in [0.1, 0.15) is 11.6 Å². The summed E-state index contributed by atoms with van der Waals surface area (Å²) in [6, 6.07) is 0. The van der Waals surface area contributed by atoms with Crippen molar-refractivity contribution in [2.75, 3.05) is 6.26 Å². The lowest BCUT2D eigenvalue weighted by Gasteiger charge is -1.99. The summed E-state index contributed by atoms with van der Waals surface area (Å²) < 4.78 is 23.5. The molecule has 0 amide bonds. The zero-order valence-electron chi connectivity index (χ0n) is 7.36. The summed E-state index contributed by atoms with van der Waals surface area (Å²) in [6.45, 7) is 0. The van der Waals surface area contributed by atoms with E-state index in [1.807, 2.05) is 0 Å². The second-order valence-electron chi connectivity index (χ2n) is 2.80. The highest BCUT2D eigenvalue weighted by atomic mass is 35.5. The van der Waals surface area contributed by atoms with Crippen LogP contribution in [0.15, 0.2) is 0 Å². The van der Waals surface area contributed by atoms with Gasteiger partial charge in [-0.3, -0.25) is 0 Å². The molecule has 0 saturated carbocycles. The van der Waals surface area contributed by atoms with Crippen LogP contribution in [0, 0.1) is 0 Å². The van der Waals surface area contributed by atoms with Gasteiger partial charge < -0.3 is 4.57 Å². The van der Waals surface area contributed by atoms with Crippen molar-refractivity contribution in [3.8, 4) is 0 Å². The molecular formula is C6H10ClN3O2S. The van der Waals surface area contributed by atoms with Gasteiger partial charge in [-0.25, -0.2) is 8.42 Å². The number of rotatable bonds is 3. The summed E-state index contributed by atoms with van der Waals surface area (Å²) in [6.07, 6.45) is 1.15. The molecular weight excluding hydrogens is 214 g/mol. The maximum atomic E-state index is 10.9. The molecule has 0 radical (unpaired) electrons. The monoisotopic (exact) mass is 223 g/mol. The molecule has 5 nitrogen and oxygen atoms in total. The van der Waals surface area contributed by atoms with Gasteiger partial charge in [0.15, 0.2) is 9.84 Å². The highest BCUT2D eigenvalue weighted by Crippen LogP contribution is 2.05. The summed E-state index contributed by atoms with van der Waals surface area (Å²) in [5.74, 6) is 1.11. The Morgan fingerprint density at radius 1 is 1.38 bits per heavy atom. The van der Waals surface area contributed by atoms with Gasteiger partial charge in [0.2, 0.25) is 0 Å². The number of aromatic nitrogens is 3. The van der Waals surface area contributed by atoms with Crippen LogP contribution in [0.4, 0.5) is 0 Å². The van der Waals surface area contributed by atoms with E-state index in [0.29, 0.717) is 11.6 Å². The number of hydrogen-bond acceptors (Lipinski definition) is 4. The maximum absolute atomic E-state index is 10.9. The topological polar surface area (TPSA) is 64.8 Å². The molecule has 7 heteroatoms. The van der Waals surface area contributed by atoms with Crippen molar-refractivity contribution in [2.45, 2.75) is 11.6 Å². The molecule has 0 aliphatic heterocycles. The number of hydrogen-bond donors (Lipinski definition) is 0. The molecule has 0 N–H and O–H groups in total. The van der Waals surface area contributed by atoms with Gasteiger partial charge in [0.1, 0.15) is 17.4 Å². The van der Waals surface area contributed by atoms with Crippen molar-refractivity contribution in [3.05, 3.63) is 11.6 Å². The third-order valence-corrected chi connectivity index (χ3v) is 2.59. The van der Waals surface area contributed by atoms with Gasteiger partial charge >= 0.3 is 0 Å². The first kappa shape index (κ1) is 10.5. The van der Waals surface area contributed by atoms with Gasteiger partial charge in [-0.15, -0.1) is 21.8 Å². The quantitative estimate of drug-likeness (QED) is 0.682. The molecule has 0 bridgehead atoms. The number of alkyl halides is 1. The normalized spacial score (nSPS) is 11.9. The third kappa shape index (κ3) is 2.67. The Kier molecular flexibility index (Phi) is 2.92. The van der Waals surface area contributed by atoms with Crippen LogP contribution < -0.4 is 0 Å². The van der Waals surface area contributed by atoms with E-state index in [2.05, 4.69) is 10.2 Å². The lowest BCUT2D eigenvalue weighted by atomic mass is 10.6. The second-order valence-corrected chi connectivity index (χ2v) is 5.20. The minimum Gasteiger partial charge on any atom is -0.316 e. The molecule has 0 aromatic carbocycles. The largest absolute Gasteiger partial charge is 0.316 e. The van der Waals surface area contributed by atoms with Gasteiger partial charge in [-0.2, -0.15) is 0 Å². The van der Waals surface area contributed by atoms with Crippen LogP contribution in [0.2, 0.25) is 0 Å². The highest BCUT2D eigenvalue weighted by molar-refractivity contribution is 7.89. The van der Waals surface area contributed by atoms with Gasteiger partial charge in [-0.05, 0) is 0 Å². The van der Waals surface area contributed by atoms with E-state index in [0.717, 1.165) is 6.26 Å². The Morgan fingerprint density at radius 2 is 1.92 bits per heavy atom. The van der Waals surface area contributed by atoms with Crippen molar-refractivity contribution in [3.63, 3.8) is 0 Å². The zero-order chi connectivity index (χ0) is 10.1. The Bertz CT molecular complexity index is 398. The lowest BCUT2D eigenvalue weighted by molar-refractivity contribution is 0.598. The summed E-state index contributed by atoms with van der Waals surface area (Å²) >= 11 is 5.54. The van der Waals surface area contributed by atoms with Crippen molar-refractivity contribution in [1.82, 2.24) is 14.8 Å². The lowest BCUT2D eigenvalue weighted by Crippen LogP contribution is -2.07. The van der Waals surface area contributed by atoms with Crippen LogP contribution in [-0.4, -0.2) is 29.4 Å². The molecule has 0 aliphatic rings. The molecule has 1 rings (SSSR count). The molecule has 0 unspecified atom stereocenters. The van der Waals surface area contributed by atoms with Gasteiger partial charge in [-0.1, -0.05) is 0 Å². The predicted octanol–water partition coefficient (Wildman–Crippen LogP) is 0.0985. The van der Waals surface area contributed by atoms with E-state index < -0.39 is 9.84 Å². The van der Waals surface area contributed by atoms with E-state index in [1.54, 1.807) is 11.6 Å². The summed E-state index contributed by atoms with van der Waals surface area (Å²) in [5.41, 5.74) is 0. The van der Waals surface area contributed by atoms with Crippen LogP contribution in [0.3, 0.4) is 0 Å². The summed E-state index contributed by atoms with van der Waals surface area (Å²) in [4.78, 5) is 0. The minimum absolute atomic E-state index is 0.104. The van der Waals surface area contributed by atoms with E-state index in [9.17, 15) is 8.42 Å². The standard InChI is InChI=1S/C6H10ClN3O2S/c1-10-5(3-7)8-9-6(10)4-13(2,11)12/h3-4H2,1-2H3. The minimum atomic E-state index is -3.06. The van der Waals surface area contributed by atoms with Crippen LogP contribution in [-0.2, 0) is 28.5 Å². The number of halogens is 1. The van der Waals surface area contributed by atoms with E-state index in [-0.39, 0.29) is 11.6 Å². The van der Waals surface area contributed by atoms with E-state index in [4.69, 9.17) is 11.6 Å². The summed E-state index contributed by atoms with van der Waals surface area (Å²) in [5, 5.41) is 7.46. The second kappa shape index (κ2) is 3.63. The predicted molar refractivity (Wildman–Crippen MR) is 49.1 cm³/mol. The van der Waals surface area contributed by atoms with Gasteiger partial charge in [0.25, 0.3) is 0 Å². The molecule has 1 aromatic heterocycles. The van der Waals surface area contributed by atoms with Crippen molar-refractivity contribution < 1.29 is 8.42 Å². The SMILES string of the molecule is Cn1c(CCl)nnc1CS(C)(=O)=O. The number of sulfone groups is 1. The molecule has 74 valence electrons. The molecule has 0 fully saturated rings. The molecule has 0 saturated heterocycles. The molecule has 0 aliphatic carbocycles. The van der Waals surface area contributed by atoms with E-state index >= 15 is 0 Å². The average Bonchev–Trinajstić information content (AvgIpc) is 2.30. The van der Waals surface area contributed by atoms with Gasteiger partial charge in [0, 0.05) is 13.3 Å². The zero-order valence-corrected chi connectivity index (χ0v) is 8.93. The first-order valence-corrected chi connectivity index (χ1v) is 6.14. The van der Waals surface area contributed by atoms with Crippen molar-refractivity contribution >= 4 is 21.4 Å². The Morgan fingerprint density at radius 3 is 2.31 bits per heavy atom. The maximum Gasteiger partial charge on any atom is 0.154 e. The third-order valence-electron chi connectivity index (χ3n) is 1.57.